The maximum atomic E-state index is 14.4. The van der Waals surface area contributed by atoms with Crippen molar-refractivity contribution in [2.24, 2.45) is 0 Å². The summed E-state index contributed by atoms with van der Waals surface area (Å²) in [6.45, 7) is 3.17. The number of sulfonamides is 1. The molecule has 44 heavy (non-hydrogen) atoms. The molecule has 0 aliphatic carbocycles. The van der Waals surface area contributed by atoms with Gasteiger partial charge in [0, 0.05) is 24.0 Å². The van der Waals surface area contributed by atoms with Gasteiger partial charge in [0.2, 0.25) is 11.8 Å². The molecule has 0 aliphatic rings. The lowest BCUT2D eigenvalue weighted by Crippen LogP contribution is -2.54. The molecule has 4 rings (SSSR count). The van der Waals surface area contributed by atoms with Crippen molar-refractivity contribution < 1.29 is 22.4 Å². The molecule has 4 aromatic carbocycles. The zero-order chi connectivity index (χ0) is 31.7. The first-order valence-corrected chi connectivity index (χ1v) is 16.1. The molecular formula is C34H35ClFN3O4S. The molecule has 0 fully saturated rings. The van der Waals surface area contributed by atoms with Crippen LogP contribution >= 0.6 is 11.6 Å². The van der Waals surface area contributed by atoms with E-state index in [4.69, 9.17) is 11.6 Å². The van der Waals surface area contributed by atoms with Gasteiger partial charge in [0.1, 0.15) is 18.4 Å². The molecule has 0 aromatic heterocycles. The lowest BCUT2D eigenvalue weighted by molar-refractivity contribution is -0.140. The minimum Gasteiger partial charge on any atom is -0.352 e. The molecule has 10 heteroatoms. The Morgan fingerprint density at radius 1 is 0.864 bits per heavy atom. The van der Waals surface area contributed by atoms with Crippen LogP contribution < -0.4 is 9.62 Å². The molecule has 0 saturated heterocycles. The van der Waals surface area contributed by atoms with Crippen LogP contribution in [0.15, 0.2) is 114 Å². The first-order chi connectivity index (χ1) is 21.1. The molecular weight excluding hydrogens is 601 g/mol. The molecule has 2 atom stereocenters. The van der Waals surface area contributed by atoms with Crippen LogP contribution in [0.5, 0.6) is 0 Å². The largest absolute Gasteiger partial charge is 0.352 e. The number of rotatable bonds is 13. The fraction of sp³-hybridized carbons (Fsp3) is 0.235. The first kappa shape index (κ1) is 32.7. The van der Waals surface area contributed by atoms with Crippen molar-refractivity contribution in [2.45, 2.75) is 50.2 Å². The van der Waals surface area contributed by atoms with Crippen LogP contribution in [0.1, 0.15) is 31.4 Å². The summed E-state index contributed by atoms with van der Waals surface area (Å²) in [5.41, 5.74) is 1.67. The number of carbonyl (C=O) groups is 2. The second-order valence-electron chi connectivity index (χ2n) is 10.4. The van der Waals surface area contributed by atoms with Gasteiger partial charge in [0.15, 0.2) is 0 Å². The van der Waals surface area contributed by atoms with Gasteiger partial charge in [-0.25, -0.2) is 12.8 Å². The normalized spacial score (nSPS) is 12.6. The van der Waals surface area contributed by atoms with Gasteiger partial charge in [-0.15, -0.1) is 0 Å². The van der Waals surface area contributed by atoms with Crippen LogP contribution in [0, 0.1) is 5.82 Å². The van der Waals surface area contributed by atoms with Crippen molar-refractivity contribution in [3.8, 4) is 0 Å². The van der Waals surface area contributed by atoms with E-state index in [1.165, 1.54) is 4.90 Å². The van der Waals surface area contributed by atoms with Crippen LogP contribution in [0.25, 0.3) is 0 Å². The number of nitrogens with zero attached hydrogens (tertiary/aromatic N) is 2. The van der Waals surface area contributed by atoms with Gasteiger partial charge < -0.3 is 10.2 Å². The number of para-hydroxylation sites is 1. The van der Waals surface area contributed by atoms with Crippen molar-refractivity contribution in [3.05, 3.63) is 131 Å². The quantitative estimate of drug-likeness (QED) is 0.189. The van der Waals surface area contributed by atoms with E-state index in [0.29, 0.717) is 17.0 Å². The van der Waals surface area contributed by atoms with E-state index < -0.39 is 34.3 Å². The van der Waals surface area contributed by atoms with E-state index in [0.717, 1.165) is 34.1 Å². The van der Waals surface area contributed by atoms with Crippen molar-refractivity contribution in [2.75, 3.05) is 10.8 Å². The third-order valence-corrected chi connectivity index (χ3v) is 9.45. The van der Waals surface area contributed by atoms with Crippen LogP contribution in [0.2, 0.25) is 5.02 Å². The molecule has 0 saturated carbocycles. The summed E-state index contributed by atoms with van der Waals surface area (Å²) in [6, 6.07) is 27.8. The molecule has 0 spiro atoms. The number of nitrogens with one attached hydrogen (secondary N) is 1. The topological polar surface area (TPSA) is 86.8 Å². The summed E-state index contributed by atoms with van der Waals surface area (Å²) in [4.78, 5) is 29.5. The molecule has 230 valence electrons. The Labute approximate surface area is 263 Å². The SMILES string of the molecule is CC[C@H](C)NC(=O)[C@H](Cc1ccccc1)N(Cc1ccccc1Cl)C(=O)CN(c1ccccc1)S(=O)(=O)c1ccc(F)cc1. The second-order valence-corrected chi connectivity index (χ2v) is 12.7. The number of hydrogen-bond donors (Lipinski definition) is 1. The van der Waals surface area contributed by atoms with Crippen molar-refractivity contribution in [1.29, 1.82) is 0 Å². The van der Waals surface area contributed by atoms with Crippen LogP contribution in [0.3, 0.4) is 0 Å². The standard InChI is InChI=1S/C34H35ClFN3O4S/c1-3-25(2)37-34(41)32(22-26-12-6-4-7-13-26)38(23-27-14-10-11-17-31(27)35)33(40)24-39(29-15-8-5-9-16-29)44(42,43)30-20-18-28(36)19-21-30/h4-21,25,32H,3,22-24H2,1-2H3,(H,37,41)/t25-,32-/m0/s1. The highest BCUT2D eigenvalue weighted by Gasteiger charge is 2.35. The fourth-order valence-corrected chi connectivity index (χ4v) is 6.27. The van der Waals surface area contributed by atoms with Gasteiger partial charge in [-0.05, 0) is 66.9 Å². The highest BCUT2D eigenvalue weighted by Crippen LogP contribution is 2.26. The predicted octanol–water partition coefficient (Wildman–Crippen LogP) is 6.23. The Kier molecular flexibility index (Phi) is 11.1. The molecule has 0 aliphatic heterocycles. The van der Waals surface area contributed by atoms with Gasteiger partial charge in [-0.3, -0.25) is 13.9 Å². The minimum absolute atomic E-state index is 0.0385. The predicted molar refractivity (Wildman–Crippen MR) is 171 cm³/mol. The zero-order valence-corrected chi connectivity index (χ0v) is 26.1. The van der Waals surface area contributed by atoms with E-state index in [1.807, 2.05) is 44.2 Å². The number of carbonyl (C=O) groups excluding carboxylic acids is 2. The van der Waals surface area contributed by atoms with Crippen LogP contribution in [-0.2, 0) is 32.6 Å². The molecule has 0 unspecified atom stereocenters. The summed E-state index contributed by atoms with van der Waals surface area (Å²) in [5.74, 6) is -1.57. The monoisotopic (exact) mass is 635 g/mol. The van der Waals surface area contributed by atoms with Crippen molar-refractivity contribution >= 4 is 39.1 Å². The number of hydrogen-bond acceptors (Lipinski definition) is 4. The first-order valence-electron chi connectivity index (χ1n) is 14.3. The Morgan fingerprint density at radius 3 is 2.07 bits per heavy atom. The van der Waals surface area contributed by atoms with Gasteiger partial charge in [-0.1, -0.05) is 85.3 Å². The third kappa shape index (κ3) is 8.24. The Morgan fingerprint density at radius 2 is 1.45 bits per heavy atom. The highest BCUT2D eigenvalue weighted by molar-refractivity contribution is 7.92. The lowest BCUT2D eigenvalue weighted by atomic mass is 10.0. The molecule has 0 heterocycles. The average molecular weight is 636 g/mol. The molecule has 0 radical (unpaired) electrons. The number of halogens is 2. The number of anilines is 1. The summed E-state index contributed by atoms with van der Waals surface area (Å²) in [6.07, 6.45) is 0.870. The van der Waals surface area contributed by atoms with E-state index in [-0.39, 0.29) is 35.5 Å². The van der Waals surface area contributed by atoms with E-state index in [2.05, 4.69) is 5.32 Å². The van der Waals surface area contributed by atoms with Gasteiger partial charge in [0.25, 0.3) is 10.0 Å². The molecule has 0 bridgehead atoms. The van der Waals surface area contributed by atoms with Gasteiger partial charge >= 0.3 is 0 Å². The maximum absolute atomic E-state index is 14.4. The van der Waals surface area contributed by atoms with E-state index in [9.17, 15) is 22.4 Å². The van der Waals surface area contributed by atoms with Crippen molar-refractivity contribution in [1.82, 2.24) is 10.2 Å². The summed E-state index contributed by atoms with van der Waals surface area (Å²) in [5, 5.41) is 3.41. The second kappa shape index (κ2) is 15.0. The number of benzene rings is 4. The highest BCUT2D eigenvalue weighted by atomic mass is 35.5. The van der Waals surface area contributed by atoms with Crippen LogP contribution in [0.4, 0.5) is 10.1 Å². The minimum atomic E-state index is -4.32. The molecule has 4 aromatic rings. The van der Waals surface area contributed by atoms with Crippen molar-refractivity contribution in [3.63, 3.8) is 0 Å². The van der Waals surface area contributed by atoms with Crippen LogP contribution in [-0.4, -0.2) is 43.8 Å². The molecule has 1 N–H and O–H groups in total. The Bertz CT molecular complexity index is 1660. The summed E-state index contributed by atoms with van der Waals surface area (Å²) in [7, 11) is -4.32. The fourth-order valence-electron chi connectivity index (χ4n) is 4.66. The maximum Gasteiger partial charge on any atom is 0.264 e. The van der Waals surface area contributed by atoms with E-state index in [1.54, 1.807) is 54.6 Å². The number of amides is 2. The lowest BCUT2D eigenvalue weighted by Gasteiger charge is -2.34. The summed E-state index contributed by atoms with van der Waals surface area (Å²) >= 11 is 6.52. The Balaban J connectivity index is 1.80. The smallest absolute Gasteiger partial charge is 0.264 e. The summed E-state index contributed by atoms with van der Waals surface area (Å²) < 4.78 is 42.5. The molecule has 7 nitrogen and oxygen atoms in total. The Hall–Kier alpha value is -4.21. The van der Waals surface area contributed by atoms with Gasteiger partial charge in [-0.2, -0.15) is 0 Å². The van der Waals surface area contributed by atoms with E-state index >= 15 is 0 Å². The zero-order valence-electron chi connectivity index (χ0n) is 24.6. The molecule has 2 amide bonds. The average Bonchev–Trinajstić information content (AvgIpc) is 3.03. The third-order valence-electron chi connectivity index (χ3n) is 7.30. The van der Waals surface area contributed by atoms with Gasteiger partial charge in [0.05, 0.1) is 10.6 Å².